The minimum atomic E-state index is -0.263. The smallest absolute Gasteiger partial charge is 0.251 e. The molecule has 0 saturated heterocycles. The summed E-state index contributed by atoms with van der Waals surface area (Å²) < 4.78 is 21.4. The molecule has 2 rings (SSSR count). The van der Waals surface area contributed by atoms with E-state index in [0.29, 0.717) is 41.0 Å². The van der Waals surface area contributed by atoms with Crippen LogP contribution in [0.4, 0.5) is 0 Å². The van der Waals surface area contributed by atoms with Gasteiger partial charge in [-0.15, -0.1) is 0 Å². The van der Waals surface area contributed by atoms with Gasteiger partial charge in [-0.1, -0.05) is 11.6 Å². The summed E-state index contributed by atoms with van der Waals surface area (Å²) in [6.45, 7) is 2.59. The molecule has 0 aromatic heterocycles. The van der Waals surface area contributed by atoms with Crippen LogP contribution in [0.15, 0.2) is 30.3 Å². The van der Waals surface area contributed by atoms with Crippen LogP contribution < -0.4 is 24.3 Å². The molecule has 0 saturated carbocycles. The van der Waals surface area contributed by atoms with Crippen molar-refractivity contribution in [3.05, 3.63) is 46.5 Å². The van der Waals surface area contributed by atoms with Crippen molar-refractivity contribution in [2.24, 2.45) is 0 Å². The lowest BCUT2D eigenvalue weighted by atomic mass is 10.1. The van der Waals surface area contributed by atoms with E-state index in [4.69, 9.17) is 30.5 Å². The van der Waals surface area contributed by atoms with E-state index in [0.717, 1.165) is 11.3 Å². The SMILES string of the molecule is COc1cc(C(=O)NCCOc2ccc(Cl)cc2C)cc(OC)c1OC. The van der Waals surface area contributed by atoms with Gasteiger partial charge in [0.05, 0.1) is 27.9 Å². The van der Waals surface area contributed by atoms with Crippen LogP contribution >= 0.6 is 11.6 Å². The summed E-state index contributed by atoms with van der Waals surface area (Å²) in [6.07, 6.45) is 0. The second kappa shape index (κ2) is 9.20. The van der Waals surface area contributed by atoms with Crippen molar-refractivity contribution in [1.29, 1.82) is 0 Å². The molecule has 26 heavy (non-hydrogen) atoms. The first kappa shape index (κ1) is 19.7. The quantitative estimate of drug-likeness (QED) is 0.711. The summed E-state index contributed by atoms with van der Waals surface area (Å²) in [5.41, 5.74) is 1.34. The van der Waals surface area contributed by atoms with Crippen LogP contribution in [0.25, 0.3) is 0 Å². The molecular weight excluding hydrogens is 358 g/mol. The van der Waals surface area contributed by atoms with E-state index in [1.54, 1.807) is 24.3 Å². The van der Waals surface area contributed by atoms with Gasteiger partial charge in [-0.2, -0.15) is 0 Å². The Labute approximate surface area is 158 Å². The molecule has 1 N–H and O–H groups in total. The zero-order valence-electron chi connectivity index (χ0n) is 15.2. The molecule has 140 valence electrons. The molecule has 0 bridgehead atoms. The highest BCUT2D eigenvalue weighted by molar-refractivity contribution is 6.30. The van der Waals surface area contributed by atoms with E-state index in [2.05, 4.69) is 5.32 Å². The number of halogens is 1. The lowest BCUT2D eigenvalue weighted by molar-refractivity contribution is 0.0946. The third-order valence-electron chi connectivity index (χ3n) is 3.71. The molecule has 0 spiro atoms. The number of carbonyl (C=O) groups excluding carboxylic acids is 1. The average molecular weight is 380 g/mol. The number of rotatable bonds is 8. The first-order valence-electron chi connectivity index (χ1n) is 7.97. The first-order valence-corrected chi connectivity index (χ1v) is 8.35. The molecule has 1 amide bonds. The van der Waals surface area contributed by atoms with Crippen molar-refractivity contribution in [2.45, 2.75) is 6.92 Å². The van der Waals surface area contributed by atoms with Crippen molar-refractivity contribution in [1.82, 2.24) is 5.32 Å². The Kier molecular flexibility index (Phi) is 6.97. The largest absolute Gasteiger partial charge is 0.493 e. The number of ether oxygens (including phenoxy) is 4. The predicted molar refractivity (Wildman–Crippen MR) is 100 cm³/mol. The Balaban J connectivity index is 1.97. The van der Waals surface area contributed by atoms with Gasteiger partial charge in [0, 0.05) is 10.6 Å². The fraction of sp³-hybridized carbons (Fsp3) is 0.316. The van der Waals surface area contributed by atoms with Crippen LogP contribution in [0.2, 0.25) is 5.02 Å². The number of hydrogen-bond donors (Lipinski definition) is 1. The molecule has 0 heterocycles. The molecule has 0 aliphatic heterocycles. The first-order chi connectivity index (χ1) is 12.5. The molecule has 0 radical (unpaired) electrons. The van der Waals surface area contributed by atoms with Crippen molar-refractivity contribution < 1.29 is 23.7 Å². The van der Waals surface area contributed by atoms with Crippen LogP contribution in [0, 0.1) is 6.92 Å². The normalized spacial score (nSPS) is 10.2. The van der Waals surface area contributed by atoms with Gasteiger partial charge < -0.3 is 24.3 Å². The molecule has 0 aliphatic carbocycles. The van der Waals surface area contributed by atoms with E-state index in [9.17, 15) is 4.79 Å². The van der Waals surface area contributed by atoms with E-state index < -0.39 is 0 Å². The highest BCUT2D eigenvalue weighted by Gasteiger charge is 2.16. The summed E-state index contributed by atoms with van der Waals surface area (Å²) in [7, 11) is 4.51. The zero-order valence-corrected chi connectivity index (χ0v) is 16.0. The predicted octanol–water partition coefficient (Wildman–Crippen LogP) is 3.48. The number of aryl methyl sites for hydroxylation is 1. The minimum Gasteiger partial charge on any atom is -0.493 e. The van der Waals surface area contributed by atoms with E-state index in [-0.39, 0.29) is 5.91 Å². The van der Waals surface area contributed by atoms with E-state index in [1.165, 1.54) is 21.3 Å². The third kappa shape index (κ3) is 4.73. The van der Waals surface area contributed by atoms with Gasteiger partial charge in [-0.05, 0) is 42.8 Å². The zero-order chi connectivity index (χ0) is 19.1. The molecular formula is C19H22ClNO5. The second-order valence-electron chi connectivity index (χ2n) is 5.43. The molecule has 0 fully saturated rings. The number of carbonyl (C=O) groups is 1. The Morgan fingerprint density at radius 3 is 2.19 bits per heavy atom. The number of amides is 1. The second-order valence-corrected chi connectivity index (χ2v) is 5.86. The third-order valence-corrected chi connectivity index (χ3v) is 3.94. The van der Waals surface area contributed by atoms with Crippen molar-refractivity contribution in [3.63, 3.8) is 0 Å². The average Bonchev–Trinajstić information content (AvgIpc) is 2.64. The molecule has 7 heteroatoms. The van der Waals surface area contributed by atoms with E-state index >= 15 is 0 Å². The minimum absolute atomic E-state index is 0.263. The number of methoxy groups -OCH3 is 3. The van der Waals surface area contributed by atoms with Gasteiger partial charge in [0.1, 0.15) is 12.4 Å². The topological polar surface area (TPSA) is 66.0 Å². The summed E-state index contributed by atoms with van der Waals surface area (Å²) in [6, 6.07) is 8.59. The number of hydrogen-bond acceptors (Lipinski definition) is 5. The lowest BCUT2D eigenvalue weighted by Gasteiger charge is -2.14. The van der Waals surface area contributed by atoms with Gasteiger partial charge in [0.25, 0.3) is 5.91 Å². The summed E-state index contributed by atoms with van der Waals surface area (Å²) >= 11 is 5.92. The van der Waals surface area contributed by atoms with Gasteiger partial charge in [-0.3, -0.25) is 4.79 Å². The summed E-state index contributed by atoms with van der Waals surface area (Å²) in [5, 5.41) is 3.46. The standard InChI is InChI=1S/C19H22ClNO5/c1-12-9-14(20)5-6-15(12)26-8-7-21-19(22)13-10-16(23-2)18(25-4)17(11-13)24-3/h5-6,9-11H,7-8H2,1-4H3,(H,21,22). The Bertz CT molecular complexity index is 754. The van der Waals surface area contributed by atoms with Crippen molar-refractivity contribution >= 4 is 17.5 Å². The summed E-state index contributed by atoms with van der Waals surface area (Å²) in [4.78, 5) is 12.4. The molecule has 0 atom stereocenters. The maximum Gasteiger partial charge on any atom is 0.251 e. The summed E-state index contributed by atoms with van der Waals surface area (Å²) in [5.74, 6) is 1.75. The highest BCUT2D eigenvalue weighted by Crippen LogP contribution is 2.38. The molecule has 6 nitrogen and oxygen atoms in total. The number of benzene rings is 2. The molecule has 2 aromatic rings. The maximum atomic E-state index is 12.4. The van der Waals surface area contributed by atoms with Gasteiger partial charge >= 0.3 is 0 Å². The fourth-order valence-corrected chi connectivity index (χ4v) is 2.64. The van der Waals surface area contributed by atoms with Crippen LogP contribution in [-0.2, 0) is 0 Å². The van der Waals surface area contributed by atoms with Gasteiger partial charge in [0.2, 0.25) is 5.75 Å². The maximum absolute atomic E-state index is 12.4. The Morgan fingerprint density at radius 1 is 1.00 bits per heavy atom. The Hall–Kier alpha value is -2.60. The molecule has 0 unspecified atom stereocenters. The lowest BCUT2D eigenvalue weighted by Crippen LogP contribution is -2.28. The van der Waals surface area contributed by atoms with Crippen LogP contribution in [0.1, 0.15) is 15.9 Å². The number of nitrogens with one attached hydrogen (secondary N) is 1. The van der Waals surface area contributed by atoms with Gasteiger partial charge in [-0.25, -0.2) is 0 Å². The van der Waals surface area contributed by atoms with Crippen LogP contribution in [0.3, 0.4) is 0 Å². The van der Waals surface area contributed by atoms with Crippen LogP contribution in [0.5, 0.6) is 23.0 Å². The van der Waals surface area contributed by atoms with Crippen molar-refractivity contribution in [3.8, 4) is 23.0 Å². The van der Waals surface area contributed by atoms with Crippen molar-refractivity contribution in [2.75, 3.05) is 34.5 Å². The van der Waals surface area contributed by atoms with Crippen LogP contribution in [-0.4, -0.2) is 40.4 Å². The Morgan fingerprint density at radius 2 is 1.65 bits per heavy atom. The molecule has 2 aromatic carbocycles. The van der Waals surface area contributed by atoms with Gasteiger partial charge in [0.15, 0.2) is 11.5 Å². The van der Waals surface area contributed by atoms with E-state index in [1.807, 2.05) is 13.0 Å². The highest BCUT2D eigenvalue weighted by atomic mass is 35.5. The molecule has 0 aliphatic rings. The monoisotopic (exact) mass is 379 g/mol. The fourth-order valence-electron chi connectivity index (χ4n) is 2.41.